The van der Waals surface area contributed by atoms with Gasteiger partial charge in [0.05, 0.1) is 13.7 Å². The summed E-state index contributed by atoms with van der Waals surface area (Å²) in [6.07, 6.45) is 2.41. The Morgan fingerprint density at radius 1 is 1.04 bits per heavy atom. The zero-order valence-electron chi connectivity index (χ0n) is 13.9. The van der Waals surface area contributed by atoms with Crippen molar-refractivity contribution in [2.24, 2.45) is 0 Å². The molecule has 0 aliphatic heterocycles. The molecule has 0 heterocycles. The van der Waals surface area contributed by atoms with Gasteiger partial charge in [-0.15, -0.1) is 0 Å². The van der Waals surface area contributed by atoms with Crippen molar-refractivity contribution < 1.29 is 27.8 Å². The summed E-state index contributed by atoms with van der Waals surface area (Å²) in [5, 5.41) is 0. The first-order chi connectivity index (χ1) is 12.0. The van der Waals surface area contributed by atoms with Gasteiger partial charge in [-0.05, 0) is 48.6 Å². The lowest BCUT2D eigenvalue weighted by Crippen LogP contribution is -2.06. The second-order valence-corrected chi connectivity index (χ2v) is 5.07. The van der Waals surface area contributed by atoms with Crippen molar-refractivity contribution in [1.82, 2.24) is 0 Å². The Morgan fingerprint density at radius 2 is 1.84 bits per heavy atom. The molecule has 0 spiro atoms. The van der Waals surface area contributed by atoms with Crippen LogP contribution in [0.5, 0.6) is 11.5 Å². The van der Waals surface area contributed by atoms with Crippen molar-refractivity contribution in [2.45, 2.75) is 0 Å². The number of hydrogen-bond acceptors (Lipinski definition) is 4. The SMILES string of the molecule is COCCOc1ccc(C(=O)C=Cc2cc(F)ccc2F)cc1OC. The smallest absolute Gasteiger partial charge is 0.185 e. The van der Waals surface area contributed by atoms with E-state index in [9.17, 15) is 13.6 Å². The summed E-state index contributed by atoms with van der Waals surface area (Å²) in [6, 6.07) is 7.75. The first-order valence-corrected chi connectivity index (χ1v) is 7.52. The lowest BCUT2D eigenvalue weighted by Gasteiger charge is -2.11. The fourth-order valence-electron chi connectivity index (χ4n) is 2.08. The molecule has 0 fully saturated rings. The standard InChI is InChI=1S/C19H18F2O4/c1-23-9-10-25-18-8-4-14(12-19(18)24-2)17(22)7-3-13-11-15(20)5-6-16(13)21/h3-8,11-12H,9-10H2,1-2H3. The average molecular weight is 348 g/mol. The van der Waals surface area contributed by atoms with E-state index >= 15 is 0 Å². The third-order valence-electron chi connectivity index (χ3n) is 3.37. The minimum absolute atomic E-state index is 0.000154. The highest BCUT2D eigenvalue weighted by atomic mass is 19.1. The summed E-state index contributed by atoms with van der Waals surface area (Å²) >= 11 is 0. The minimum atomic E-state index is -0.607. The van der Waals surface area contributed by atoms with Crippen LogP contribution in [0, 0.1) is 11.6 Å². The number of hydrogen-bond donors (Lipinski definition) is 0. The molecule has 0 amide bonds. The van der Waals surface area contributed by atoms with Crippen molar-refractivity contribution >= 4 is 11.9 Å². The quantitative estimate of drug-likeness (QED) is 0.412. The van der Waals surface area contributed by atoms with Crippen LogP contribution in [0.4, 0.5) is 8.78 Å². The molecule has 2 aromatic rings. The Bertz CT molecular complexity index is 772. The van der Waals surface area contributed by atoms with Crippen molar-refractivity contribution in [2.75, 3.05) is 27.4 Å². The van der Waals surface area contributed by atoms with Crippen molar-refractivity contribution in [3.8, 4) is 11.5 Å². The van der Waals surface area contributed by atoms with Crippen molar-refractivity contribution in [1.29, 1.82) is 0 Å². The van der Waals surface area contributed by atoms with E-state index in [0.29, 0.717) is 30.3 Å². The van der Waals surface area contributed by atoms with Crippen LogP contribution < -0.4 is 9.47 Å². The van der Waals surface area contributed by atoms with Crippen LogP contribution >= 0.6 is 0 Å². The maximum Gasteiger partial charge on any atom is 0.185 e. The first kappa shape index (κ1) is 18.6. The van der Waals surface area contributed by atoms with Gasteiger partial charge < -0.3 is 14.2 Å². The molecule has 0 radical (unpaired) electrons. The summed E-state index contributed by atoms with van der Waals surface area (Å²) in [6.45, 7) is 0.769. The number of halogens is 2. The number of benzene rings is 2. The van der Waals surface area contributed by atoms with Crippen LogP contribution in [0.15, 0.2) is 42.5 Å². The molecule has 0 saturated heterocycles. The van der Waals surface area contributed by atoms with Crippen molar-refractivity contribution in [3.05, 3.63) is 65.2 Å². The summed E-state index contributed by atoms with van der Waals surface area (Å²) in [5.41, 5.74) is 0.337. The Balaban J connectivity index is 2.16. The number of carbonyl (C=O) groups excluding carboxylic acids is 1. The third-order valence-corrected chi connectivity index (χ3v) is 3.37. The van der Waals surface area contributed by atoms with Crippen LogP contribution in [0.3, 0.4) is 0 Å². The zero-order valence-corrected chi connectivity index (χ0v) is 13.9. The number of carbonyl (C=O) groups is 1. The molecule has 0 bridgehead atoms. The molecule has 2 rings (SSSR count). The van der Waals surface area contributed by atoms with Gasteiger partial charge in [-0.1, -0.05) is 0 Å². The molecule has 0 unspecified atom stereocenters. The molecule has 0 saturated carbocycles. The number of allylic oxidation sites excluding steroid dienone is 1. The number of rotatable bonds is 8. The van der Waals surface area contributed by atoms with Gasteiger partial charge in [0.1, 0.15) is 18.2 Å². The fraction of sp³-hybridized carbons (Fsp3) is 0.211. The number of methoxy groups -OCH3 is 2. The molecule has 132 valence electrons. The van der Waals surface area contributed by atoms with Crippen LogP contribution in [0.2, 0.25) is 0 Å². The van der Waals surface area contributed by atoms with Gasteiger partial charge in [-0.3, -0.25) is 4.79 Å². The Hall–Kier alpha value is -2.73. The number of ketones is 1. The molecule has 0 aliphatic rings. The van der Waals surface area contributed by atoms with Gasteiger partial charge >= 0.3 is 0 Å². The van der Waals surface area contributed by atoms with Gasteiger partial charge in [0.2, 0.25) is 0 Å². The molecule has 0 N–H and O–H groups in total. The largest absolute Gasteiger partial charge is 0.493 e. The van der Waals surface area contributed by atoms with E-state index in [-0.39, 0.29) is 11.3 Å². The Kier molecular flexibility index (Phi) is 6.65. The van der Waals surface area contributed by atoms with E-state index in [4.69, 9.17) is 14.2 Å². The van der Waals surface area contributed by atoms with Crippen LogP contribution in [0.1, 0.15) is 15.9 Å². The lowest BCUT2D eigenvalue weighted by atomic mass is 10.1. The first-order valence-electron chi connectivity index (χ1n) is 7.52. The van der Waals surface area contributed by atoms with Gasteiger partial charge in [-0.2, -0.15) is 0 Å². The summed E-state index contributed by atoms with van der Waals surface area (Å²) < 4.78 is 42.3. The normalized spacial score (nSPS) is 10.9. The molecule has 0 aromatic heterocycles. The summed E-state index contributed by atoms with van der Waals surface area (Å²) in [4.78, 5) is 12.2. The Labute approximate surface area is 144 Å². The zero-order chi connectivity index (χ0) is 18.2. The van der Waals surface area contributed by atoms with Crippen molar-refractivity contribution in [3.63, 3.8) is 0 Å². The molecule has 2 aromatic carbocycles. The van der Waals surface area contributed by atoms with Gasteiger partial charge in [0.25, 0.3) is 0 Å². The maximum atomic E-state index is 13.6. The molecular weight excluding hydrogens is 330 g/mol. The number of ether oxygens (including phenoxy) is 3. The molecule has 0 aliphatic carbocycles. The third kappa shape index (κ3) is 5.12. The van der Waals surface area contributed by atoms with Crippen LogP contribution in [-0.4, -0.2) is 33.2 Å². The summed E-state index contributed by atoms with van der Waals surface area (Å²) in [7, 11) is 3.03. The van der Waals surface area contributed by atoms with E-state index < -0.39 is 11.6 Å². The highest BCUT2D eigenvalue weighted by Crippen LogP contribution is 2.28. The summed E-state index contributed by atoms with van der Waals surface area (Å²) in [5.74, 6) is -0.674. The van der Waals surface area contributed by atoms with E-state index in [0.717, 1.165) is 18.2 Å². The molecule has 4 nitrogen and oxygen atoms in total. The highest BCUT2D eigenvalue weighted by molar-refractivity contribution is 6.07. The van der Waals surface area contributed by atoms with E-state index in [1.807, 2.05) is 0 Å². The molecule has 0 atom stereocenters. The maximum absolute atomic E-state index is 13.6. The monoisotopic (exact) mass is 348 g/mol. The second kappa shape index (κ2) is 8.94. The topological polar surface area (TPSA) is 44.8 Å². The predicted octanol–water partition coefficient (Wildman–Crippen LogP) is 3.89. The Morgan fingerprint density at radius 3 is 2.56 bits per heavy atom. The van der Waals surface area contributed by atoms with E-state index in [2.05, 4.69) is 0 Å². The minimum Gasteiger partial charge on any atom is -0.493 e. The van der Waals surface area contributed by atoms with Gasteiger partial charge in [0.15, 0.2) is 17.3 Å². The molecular formula is C19H18F2O4. The predicted molar refractivity (Wildman–Crippen MR) is 90.1 cm³/mol. The fourth-order valence-corrected chi connectivity index (χ4v) is 2.08. The molecule has 25 heavy (non-hydrogen) atoms. The van der Waals surface area contributed by atoms with E-state index in [1.165, 1.54) is 25.3 Å². The van der Waals surface area contributed by atoms with Gasteiger partial charge in [0, 0.05) is 18.2 Å². The highest BCUT2D eigenvalue weighted by Gasteiger charge is 2.10. The molecule has 6 heteroatoms. The average Bonchev–Trinajstić information content (AvgIpc) is 2.62. The van der Waals surface area contributed by atoms with E-state index in [1.54, 1.807) is 19.2 Å². The van der Waals surface area contributed by atoms with Gasteiger partial charge in [-0.25, -0.2) is 8.78 Å². The van der Waals surface area contributed by atoms with Crippen LogP contribution in [0.25, 0.3) is 6.08 Å². The van der Waals surface area contributed by atoms with Crippen LogP contribution in [-0.2, 0) is 4.74 Å². The lowest BCUT2D eigenvalue weighted by molar-refractivity contribution is 0.104. The second-order valence-electron chi connectivity index (χ2n) is 5.07.